The lowest BCUT2D eigenvalue weighted by molar-refractivity contribution is -0.144. The lowest BCUT2D eigenvalue weighted by atomic mass is 9.79. The Morgan fingerprint density at radius 2 is 2.09 bits per heavy atom. The van der Waals surface area contributed by atoms with E-state index in [9.17, 15) is 24.4 Å². The van der Waals surface area contributed by atoms with E-state index in [1.165, 1.54) is 27.0 Å². The fraction of sp³-hybridized carbons (Fsp3) is 0.500. The Bertz CT molecular complexity index is 986. The molecule has 0 bridgehead atoms. The van der Waals surface area contributed by atoms with Gasteiger partial charge >= 0.3 is 19.7 Å². The third-order valence-electron chi connectivity index (χ3n) is 5.27. The molecule has 0 spiro atoms. The van der Waals surface area contributed by atoms with Crippen LogP contribution in [0.15, 0.2) is 42.6 Å². The number of aliphatic hydroxyl groups is 2. The highest BCUT2D eigenvalue weighted by atomic mass is 35.5. The van der Waals surface area contributed by atoms with E-state index in [1.54, 1.807) is 37.3 Å². The second-order valence-corrected chi connectivity index (χ2v) is 10.6. The normalized spacial score (nSPS) is 30.9. The first-order valence-corrected chi connectivity index (χ1v) is 12.8. The van der Waals surface area contributed by atoms with Gasteiger partial charge in [0.05, 0.1) is 24.1 Å². The largest absolute Gasteiger partial charge is 0.465 e. The smallest absolute Gasteiger partial charge is 0.459 e. The number of carbonyl (C=O) groups excluding carboxylic acids is 2. The number of hydrogen-bond donors (Lipinski definition) is 4. The Morgan fingerprint density at radius 1 is 1.40 bits per heavy atom. The zero-order valence-corrected chi connectivity index (χ0v) is 21.0. The van der Waals surface area contributed by atoms with Crippen molar-refractivity contribution in [2.24, 2.45) is 0 Å². The Hall–Kier alpha value is -2.12. The highest BCUT2D eigenvalue weighted by Gasteiger charge is 2.55. The van der Waals surface area contributed by atoms with E-state index in [-0.39, 0.29) is 12.4 Å². The summed E-state index contributed by atoms with van der Waals surface area (Å²) in [5.74, 6) is -0.454. The quantitative estimate of drug-likeness (QED) is 0.143. The maximum atomic E-state index is 13.6. The van der Waals surface area contributed by atoms with Gasteiger partial charge in [0.25, 0.3) is 0 Å². The Kier molecular flexibility index (Phi) is 8.87. The van der Waals surface area contributed by atoms with E-state index in [0.717, 1.165) is 4.90 Å². The van der Waals surface area contributed by atoms with Gasteiger partial charge in [-0.1, -0.05) is 18.2 Å². The molecular formula is C20H28BClN3O9P. The van der Waals surface area contributed by atoms with Crippen LogP contribution in [0, 0.1) is 0 Å². The molecule has 2 aliphatic rings. The summed E-state index contributed by atoms with van der Waals surface area (Å²) in [5, 5.41) is 25.1. The zero-order valence-electron chi connectivity index (χ0n) is 19.4. The number of esters is 1. The highest BCUT2D eigenvalue weighted by molar-refractivity contribution is 7.52. The molecule has 2 aliphatic heterocycles. The molecule has 4 N–H and O–H groups in total. The molecular weight excluding hydrogens is 503 g/mol. The van der Waals surface area contributed by atoms with Gasteiger partial charge in [-0.25, -0.2) is 9.36 Å². The minimum Gasteiger partial charge on any atom is -0.465 e. The number of hydrogen-bond acceptors (Lipinski definition) is 9. The molecule has 12 nitrogen and oxygen atoms in total. The first-order chi connectivity index (χ1) is 16.5. The lowest BCUT2D eigenvalue weighted by Gasteiger charge is -2.35. The molecule has 192 valence electrons. The van der Waals surface area contributed by atoms with Crippen LogP contribution in [0.3, 0.4) is 0 Å². The summed E-state index contributed by atoms with van der Waals surface area (Å²) in [4.78, 5) is 25.4. The maximum Gasteiger partial charge on any atom is 0.459 e. The molecule has 0 aliphatic carbocycles. The molecule has 3 rings (SSSR count). The summed E-state index contributed by atoms with van der Waals surface area (Å²) < 4.78 is 33.9. The summed E-state index contributed by atoms with van der Waals surface area (Å²) >= 11 is 6.53. The van der Waals surface area contributed by atoms with E-state index < -0.39 is 61.8 Å². The van der Waals surface area contributed by atoms with E-state index >= 15 is 0 Å². The molecule has 2 unspecified atom stereocenters. The fourth-order valence-electron chi connectivity index (χ4n) is 3.47. The van der Waals surface area contributed by atoms with Crippen molar-refractivity contribution >= 4 is 39.2 Å². The van der Waals surface area contributed by atoms with E-state index in [4.69, 9.17) is 30.1 Å². The highest BCUT2D eigenvalue weighted by Crippen LogP contribution is 2.46. The van der Waals surface area contributed by atoms with Gasteiger partial charge in [-0.2, -0.15) is 5.09 Å². The van der Waals surface area contributed by atoms with Gasteiger partial charge in [0, 0.05) is 6.20 Å². The van der Waals surface area contributed by atoms with Crippen LogP contribution in [0.4, 0.5) is 4.79 Å². The third-order valence-corrected chi connectivity index (χ3v) is 7.33. The predicted octanol–water partition coefficient (Wildman–Crippen LogP) is 0.243. The van der Waals surface area contributed by atoms with Crippen molar-refractivity contribution in [3.63, 3.8) is 0 Å². The number of rotatable bonds is 10. The Labute approximate surface area is 208 Å². The summed E-state index contributed by atoms with van der Waals surface area (Å²) in [6.07, 6.45) is -2.19. The number of aliphatic hydroxyl groups excluding tert-OH is 2. The number of nitrogens with one attached hydrogen (secondary N) is 2. The van der Waals surface area contributed by atoms with Gasteiger partial charge in [-0.15, -0.1) is 11.6 Å². The predicted molar refractivity (Wildman–Crippen MR) is 127 cm³/mol. The van der Waals surface area contributed by atoms with Gasteiger partial charge in [0.15, 0.2) is 6.23 Å². The van der Waals surface area contributed by atoms with Crippen molar-refractivity contribution in [2.45, 2.75) is 49.3 Å². The number of alkyl halides is 1. The second kappa shape index (κ2) is 11.3. The summed E-state index contributed by atoms with van der Waals surface area (Å²) in [7, 11) is -2.72. The van der Waals surface area contributed by atoms with E-state index in [1.807, 2.05) is 0 Å². The number of halogens is 1. The standard InChI is InChI=1S/C20H28BClN3O9P/c1-3-31-17(28)12(2)24-35(30,34-13-7-5-4-6-8-13)32-11-14-16(27)20(21,22)18(33-14)25-10-9-15(26)23-19(25)29/h4-10,12,14-16,18,26-27H,3,11,21H2,1-2H3,(H,23,29)(H,24,30)/t12-,14+,15?,16+,18+,20-,35?/m0/s1. The zero-order chi connectivity index (χ0) is 25.8. The second-order valence-electron chi connectivity index (χ2n) is 8.07. The number of carbonyl (C=O) groups is 2. The minimum atomic E-state index is -4.19. The van der Waals surface area contributed by atoms with Crippen LogP contribution in [0.5, 0.6) is 5.75 Å². The van der Waals surface area contributed by atoms with Gasteiger partial charge < -0.3 is 29.5 Å². The average molecular weight is 532 g/mol. The first kappa shape index (κ1) is 27.5. The van der Waals surface area contributed by atoms with Crippen molar-refractivity contribution in [1.29, 1.82) is 0 Å². The number of benzene rings is 1. The van der Waals surface area contributed by atoms with Gasteiger partial charge in [-0.3, -0.25) is 14.2 Å². The first-order valence-electron chi connectivity index (χ1n) is 10.9. The number of para-hydroxylation sites is 1. The molecule has 1 saturated heterocycles. The minimum absolute atomic E-state index is 0.128. The van der Waals surface area contributed by atoms with E-state index in [2.05, 4.69) is 10.4 Å². The topological polar surface area (TPSA) is 156 Å². The van der Waals surface area contributed by atoms with Crippen molar-refractivity contribution in [2.75, 3.05) is 13.2 Å². The molecule has 0 saturated carbocycles. The van der Waals surface area contributed by atoms with Crippen LogP contribution >= 0.6 is 19.3 Å². The molecule has 1 fully saturated rings. The van der Waals surface area contributed by atoms with Crippen LogP contribution in [0.1, 0.15) is 13.8 Å². The maximum absolute atomic E-state index is 13.6. The molecule has 15 heteroatoms. The van der Waals surface area contributed by atoms with E-state index in [0.29, 0.717) is 0 Å². The van der Waals surface area contributed by atoms with Gasteiger partial charge in [-0.05, 0) is 32.1 Å². The molecule has 0 radical (unpaired) electrons. The number of amides is 2. The van der Waals surface area contributed by atoms with Crippen molar-refractivity contribution in [3.05, 3.63) is 42.6 Å². The average Bonchev–Trinajstić information content (AvgIpc) is 3.02. The molecule has 2 amide bonds. The van der Waals surface area contributed by atoms with Crippen molar-refractivity contribution in [1.82, 2.24) is 15.3 Å². The van der Waals surface area contributed by atoms with Crippen molar-refractivity contribution < 1.29 is 42.9 Å². The molecule has 0 aromatic heterocycles. The van der Waals surface area contributed by atoms with Crippen molar-refractivity contribution in [3.8, 4) is 5.75 Å². The molecule has 7 atom stereocenters. The third kappa shape index (κ3) is 6.56. The van der Waals surface area contributed by atoms with Crippen LogP contribution in [-0.2, 0) is 23.4 Å². The summed E-state index contributed by atoms with van der Waals surface area (Å²) in [5.41, 5.74) is 0. The van der Waals surface area contributed by atoms with Crippen LogP contribution in [-0.4, -0.2) is 83.7 Å². The van der Waals surface area contributed by atoms with Gasteiger partial charge in [0.1, 0.15) is 32.0 Å². The van der Waals surface area contributed by atoms with Gasteiger partial charge in [0.2, 0.25) is 0 Å². The summed E-state index contributed by atoms with van der Waals surface area (Å²) in [6, 6.07) is 6.44. The summed E-state index contributed by atoms with van der Waals surface area (Å²) in [6.45, 7) is 2.74. The fourth-order valence-corrected chi connectivity index (χ4v) is 5.26. The SMILES string of the molecule is B[C@]1(Cl)[C@H](O)[C@@H](COP(=O)(N[C@@H](C)C(=O)OCC)Oc2ccccc2)O[C@H]1N1C=CC(O)NC1=O. The number of ether oxygens (including phenoxy) is 2. The molecule has 1 aromatic rings. The number of nitrogens with zero attached hydrogens (tertiary/aromatic N) is 1. The molecule has 1 aromatic carbocycles. The monoisotopic (exact) mass is 531 g/mol. The van der Waals surface area contributed by atoms with Crippen LogP contribution in [0.2, 0.25) is 0 Å². The van der Waals surface area contributed by atoms with Crippen LogP contribution in [0.25, 0.3) is 0 Å². The Balaban J connectivity index is 1.75. The Morgan fingerprint density at radius 3 is 2.71 bits per heavy atom. The van der Waals surface area contributed by atoms with Crippen LogP contribution < -0.4 is 14.9 Å². The molecule has 35 heavy (non-hydrogen) atoms. The number of urea groups is 1. The molecule has 2 heterocycles. The lowest BCUT2D eigenvalue weighted by Crippen LogP contribution is -2.56.